The number of hydrogen-bond donors (Lipinski definition) is 2. The molecule has 1 amide bonds. The number of amides is 1. The van der Waals surface area contributed by atoms with E-state index in [2.05, 4.69) is 15.6 Å². The van der Waals surface area contributed by atoms with Crippen molar-refractivity contribution in [2.24, 2.45) is 0 Å². The largest absolute Gasteiger partial charge is 0.462 e. The molecule has 0 aliphatic carbocycles. The van der Waals surface area contributed by atoms with Crippen LogP contribution in [0.15, 0.2) is 54.7 Å². The molecule has 1 atom stereocenters. The molecule has 1 heterocycles. The lowest BCUT2D eigenvalue weighted by atomic mass is 10.1. The van der Waals surface area contributed by atoms with E-state index in [9.17, 15) is 9.59 Å². The van der Waals surface area contributed by atoms with Crippen LogP contribution in [0.1, 0.15) is 29.8 Å². The predicted octanol–water partition coefficient (Wildman–Crippen LogP) is 4.18. The minimum absolute atomic E-state index is 0.198. The maximum absolute atomic E-state index is 12.6. The fraction of sp³-hybridized carbons (Fsp3) is 0.227. The van der Waals surface area contributed by atoms with Gasteiger partial charge in [-0.25, -0.2) is 4.79 Å². The molecule has 0 radical (unpaired) electrons. The second-order valence-electron chi connectivity index (χ2n) is 6.50. The lowest BCUT2D eigenvalue weighted by Crippen LogP contribution is -2.37. The quantitative estimate of drug-likeness (QED) is 0.570. The Labute approximate surface area is 174 Å². The summed E-state index contributed by atoms with van der Waals surface area (Å²) >= 11 is 6.15. The van der Waals surface area contributed by atoms with Gasteiger partial charge < -0.3 is 15.4 Å². The summed E-state index contributed by atoms with van der Waals surface area (Å²) in [6.45, 7) is 4.11. The van der Waals surface area contributed by atoms with E-state index in [1.54, 1.807) is 32.0 Å². The normalized spacial score (nSPS) is 11.7. The summed E-state index contributed by atoms with van der Waals surface area (Å²) in [6, 6.07) is 14.2. The first-order chi connectivity index (χ1) is 14.0. The third-order valence-electron chi connectivity index (χ3n) is 4.39. The second-order valence-corrected chi connectivity index (χ2v) is 6.93. The molecule has 1 aromatic heterocycles. The highest BCUT2D eigenvalue weighted by Crippen LogP contribution is 2.29. The molecule has 2 aromatic carbocycles. The summed E-state index contributed by atoms with van der Waals surface area (Å²) in [5, 5.41) is 7.19. The third-order valence-corrected chi connectivity index (χ3v) is 4.62. The second kappa shape index (κ2) is 9.39. The van der Waals surface area contributed by atoms with Crippen LogP contribution in [0.4, 0.5) is 5.69 Å². The average Bonchev–Trinajstić information content (AvgIpc) is 2.73. The monoisotopic (exact) mass is 411 g/mol. The Morgan fingerprint density at radius 3 is 2.66 bits per heavy atom. The molecule has 3 aromatic rings. The molecule has 0 spiro atoms. The fourth-order valence-electron chi connectivity index (χ4n) is 2.90. The average molecular weight is 412 g/mol. The van der Waals surface area contributed by atoms with Gasteiger partial charge in [-0.3, -0.25) is 9.78 Å². The van der Waals surface area contributed by atoms with Gasteiger partial charge in [0.25, 0.3) is 0 Å². The topological polar surface area (TPSA) is 80.3 Å². The van der Waals surface area contributed by atoms with Crippen molar-refractivity contribution in [2.45, 2.75) is 26.4 Å². The van der Waals surface area contributed by atoms with Crippen LogP contribution >= 0.6 is 11.6 Å². The van der Waals surface area contributed by atoms with Gasteiger partial charge in [0, 0.05) is 23.2 Å². The third kappa shape index (κ3) is 5.03. The molecule has 0 aliphatic rings. The summed E-state index contributed by atoms with van der Waals surface area (Å²) < 4.78 is 5.14. The van der Waals surface area contributed by atoms with E-state index < -0.39 is 12.0 Å². The highest BCUT2D eigenvalue weighted by Gasteiger charge is 2.21. The number of rotatable bonds is 7. The number of halogens is 1. The summed E-state index contributed by atoms with van der Waals surface area (Å²) in [5.74, 6) is -0.711. The van der Waals surface area contributed by atoms with Gasteiger partial charge in [0.15, 0.2) is 0 Å². The Kier molecular flexibility index (Phi) is 6.67. The number of carbonyl (C=O) groups is 2. The maximum atomic E-state index is 12.6. The molecule has 0 fully saturated rings. The van der Waals surface area contributed by atoms with E-state index in [-0.39, 0.29) is 18.1 Å². The van der Waals surface area contributed by atoms with Crippen LogP contribution in [0.25, 0.3) is 10.9 Å². The van der Waals surface area contributed by atoms with Crippen molar-refractivity contribution in [3.63, 3.8) is 0 Å². The van der Waals surface area contributed by atoms with E-state index in [0.717, 1.165) is 5.56 Å². The van der Waals surface area contributed by atoms with Crippen LogP contribution in [-0.4, -0.2) is 29.5 Å². The van der Waals surface area contributed by atoms with Crippen molar-refractivity contribution < 1.29 is 14.3 Å². The van der Waals surface area contributed by atoms with Gasteiger partial charge in [0.1, 0.15) is 11.6 Å². The van der Waals surface area contributed by atoms with E-state index in [4.69, 9.17) is 16.3 Å². The molecule has 0 bridgehead atoms. The van der Waals surface area contributed by atoms with Crippen LogP contribution in [0, 0.1) is 0 Å². The lowest BCUT2D eigenvalue weighted by molar-refractivity contribution is -0.121. The van der Waals surface area contributed by atoms with E-state index in [1.165, 1.54) is 6.20 Å². The first-order valence-corrected chi connectivity index (χ1v) is 9.71. The number of aromatic nitrogens is 1. The van der Waals surface area contributed by atoms with Crippen molar-refractivity contribution in [2.75, 3.05) is 11.9 Å². The molecule has 29 heavy (non-hydrogen) atoms. The Morgan fingerprint density at radius 2 is 1.93 bits per heavy atom. The molecule has 0 saturated heterocycles. The summed E-state index contributed by atoms with van der Waals surface area (Å²) in [7, 11) is 0. The predicted molar refractivity (Wildman–Crippen MR) is 114 cm³/mol. The first kappa shape index (κ1) is 20.6. The molecular weight excluding hydrogens is 390 g/mol. The number of hydrogen-bond acceptors (Lipinski definition) is 5. The zero-order valence-electron chi connectivity index (χ0n) is 16.2. The Morgan fingerprint density at radius 1 is 1.17 bits per heavy atom. The minimum atomic E-state index is -0.600. The molecular formula is C22H22ClN3O3. The summed E-state index contributed by atoms with van der Waals surface area (Å²) in [5.41, 5.74) is 2.38. The molecule has 0 saturated carbocycles. The molecule has 0 aliphatic heterocycles. The van der Waals surface area contributed by atoms with E-state index in [0.29, 0.717) is 28.2 Å². The maximum Gasteiger partial charge on any atom is 0.341 e. The number of benzene rings is 2. The van der Waals surface area contributed by atoms with Gasteiger partial charge in [0.2, 0.25) is 5.91 Å². The number of fused-ring (bicyclic) bond motifs is 1. The molecule has 2 N–H and O–H groups in total. The fourth-order valence-corrected chi connectivity index (χ4v) is 3.08. The number of ether oxygens (including phenoxy) is 1. The van der Waals surface area contributed by atoms with Gasteiger partial charge in [-0.15, -0.1) is 0 Å². The Hall–Kier alpha value is -3.12. The van der Waals surface area contributed by atoms with Crippen LogP contribution in [0.5, 0.6) is 0 Å². The minimum Gasteiger partial charge on any atom is -0.462 e. The molecule has 150 valence electrons. The van der Waals surface area contributed by atoms with Crippen molar-refractivity contribution in [3.8, 4) is 0 Å². The molecule has 7 heteroatoms. The highest BCUT2D eigenvalue weighted by molar-refractivity contribution is 6.31. The van der Waals surface area contributed by atoms with Gasteiger partial charge in [0.05, 0.1) is 17.8 Å². The van der Waals surface area contributed by atoms with Gasteiger partial charge in [-0.1, -0.05) is 41.9 Å². The Bertz CT molecular complexity index is 1020. The number of nitrogens with one attached hydrogen (secondary N) is 2. The summed E-state index contributed by atoms with van der Waals surface area (Å²) in [6.07, 6.45) is 1.45. The standard InChI is InChI=1S/C22H22ClN3O3/c1-3-29-22(28)18-13-24-19-10-9-16(23)11-17(19)20(18)26-14(2)21(27)25-12-15-7-5-4-6-8-15/h4-11,13-14H,3,12H2,1-2H3,(H,24,26)(H,25,27). The van der Waals surface area contributed by atoms with Crippen LogP contribution in [0.3, 0.4) is 0 Å². The number of esters is 1. The molecule has 1 unspecified atom stereocenters. The van der Waals surface area contributed by atoms with Gasteiger partial charge in [-0.2, -0.15) is 0 Å². The van der Waals surface area contributed by atoms with Crippen molar-refractivity contribution in [3.05, 3.63) is 70.9 Å². The lowest BCUT2D eigenvalue weighted by Gasteiger charge is -2.19. The number of nitrogens with zero attached hydrogens (tertiary/aromatic N) is 1. The van der Waals surface area contributed by atoms with Crippen molar-refractivity contribution >= 4 is 40.1 Å². The van der Waals surface area contributed by atoms with Crippen LogP contribution in [0.2, 0.25) is 5.02 Å². The van der Waals surface area contributed by atoms with E-state index >= 15 is 0 Å². The van der Waals surface area contributed by atoms with E-state index in [1.807, 2.05) is 30.3 Å². The molecule has 6 nitrogen and oxygen atoms in total. The number of anilines is 1. The first-order valence-electron chi connectivity index (χ1n) is 9.33. The van der Waals surface area contributed by atoms with Crippen LogP contribution in [-0.2, 0) is 16.1 Å². The molecule has 3 rings (SSSR count). The van der Waals surface area contributed by atoms with Crippen LogP contribution < -0.4 is 10.6 Å². The SMILES string of the molecule is CCOC(=O)c1cnc2ccc(Cl)cc2c1NC(C)C(=O)NCc1ccccc1. The Balaban J connectivity index is 1.86. The van der Waals surface area contributed by atoms with Crippen molar-refractivity contribution in [1.29, 1.82) is 0 Å². The number of pyridine rings is 1. The van der Waals surface area contributed by atoms with Crippen molar-refractivity contribution in [1.82, 2.24) is 10.3 Å². The van der Waals surface area contributed by atoms with Gasteiger partial charge in [-0.05, 0) is 37.6 Å². The zero-order chi connectivity index (χ0) is 20.8. The van der Waals surface area contributed by atoms with Gasteiger partial charge >= 0.3 is 5.97 Å². The smallest absolute Gasteiger partial charge is 0.341 e. The zero-order valence-corrected chi connectivity index (χ0v) is 17.0. The number of carbonyl (C=O) groups excluding carboxylic acids is 2. The highest BCUT2D eigenvalue weighted by atomic mass is 35.5. The summed E-state index contributed by atoms with van der Waals surface area (Å²) in [4.78, 5) is 29.3.